The van der Waals surface area contributed by atoms with Gasteiger partial charge in [-0.25, -0.2) is 0 Å². The van der Waals surface area contributed by atoms with Crippen molar-refractivity contribution >= 4 is 16.8 Å². The second-order valence-electron chi connectivity index (χ2n) is 4.86. The summed E-state index contributed by atoms with van der Waals surface area (Å²) < 4.78 is 0. The number of hydrogen-bond donors (Lipinski definition) is 1. The van der Waals surface area contributed by atoms with Gasteiger partial charge in [-0.05, 0) is 19.1 Å². The first kappa shape index (κ1) is 12.1. The van der Waals surface area contributed by atoms with E-state index >= 15 is 0 Å². The van der Waals surface area contributed by atoms with Crippen LogP contribution in [0.4, 0.5) is 0 Å². The standard InChI is InChI=1S/C15H17N3O/c1-11-13(15(19)18-8-6-16-7-9-18)10-12-4-2-3-5-14(12)17-11/h2-5,10,16H,6-9H2,1H3. The third-order valence-corrected chi connectivity index (χ3v) is 3.55. The molecule has 0 unspecified atom stereocenters. The third kappa shape index (κ3) is 2.31. The highest BCUT2D eigenvalue weighted by molar-refractivity contribution is 5.98. The molecule has 1 aromatic carbocycles. The van der Waals surface area contributed by atoms with E-state index in [0.29, 0.717) is 0 Å². The first-order chi connectivity index (χ1) is 9.25. The molecule has 4 nitrogen and oxygen atoms in total. The van der Waals surface area contributed by atoms with E-state index in [0.717, 1.165) is 48.3 Å². The number of carbonyl (C=O) groups excluding carboxylic acids is 1. The van der Waals surface area contributed by atoms with Crippen molar-refractivity contribution in [3.8, 4) is 0 Å². The summed E-state index contributed by atoms with van der Waals surface area (Å²) in [5.41, 5.74) is 2.47. The predicted molar refractivity (Wildman–Crippen MR) is 75.3 cm³/mol. The van der Waals surface area contributed by atoms with Crippen molar-refractivity contribution in [3.05, 3.63) is 41.6 Å². The van der Waals surface area contributed by atoms with Gasteiger partial charge in [0.2, 0.25) is 0 Å². The molecule has 1 aliphatic heterocycles. The summed E-state index contributed by atoms with van der Waals surface area (Å²) in [6, 6.07) is 9.87. The zero-order valence-electron chi connectivity index (χ0n) is 11.0. The number of aryl methyl sites for hydroxylation is 1. The molecule has 0 spiro atoms. The maximum Gasteiger partial charge on any atom is 0.255 e. The zero-order valence-corrected chi connectivity index (χ0v) is 11.0. The Bertz CT molecular complexity index is 618. The van der Waals surface area contributed by atoms with Gasteiger partial charge in [-0.15, -0.1) is 0 Å². The van der Waals surface area contributed by atoms with Crippen LogP contribution >= 0.6 is 0 Å². The summed E-state index contributed by atoms with van der Waals surface area (Å²) in [7, 11) is 0. The molecule has 3 rings (SSSR count). The van der Waals surface area contributed by atoms with Gasteiger partial charge in [-0.2, -0.15) is 0 Å². The monoisotopic (exact) mass is 255 g/mol. The number of piperazine rings is 1. The lowest BCUT2D eigenvalue weighted by atomic mass is 10.1. The molecule has 0 radical (unpaired) electrons. The van der Waals surface area contributed by atoms with Crippen LogP contribution < -0.4 is 5.32 Å². The molecule has 2 heterocycles. The largest absolute Gasteiger partial charge is 0.336 e. The fourth-order valence-corrected chi connectivity index (χ4v) is 2.47. The first-order valence-corrected chi connectivity index (χ1v) is 6.62. The van der Waals surface area contributed by atoms with E-state index in [1.54, 1.807) is 0 Å². The van der Waals surface area contributed by atoms with Crippen molar-refractivity contribution in [2.75, 3.05) is 26.2 Å². The van der Waals surface area contributed by atoms with Crippen molar-refractivity contribution in [3.63, 3.8) is 0 Å². The minimum atomic E-state index is 0.0947. The van der Waals surface area contributed by atoms with Crippen LogP contribution in [0.15, 0.2) is 30.3 Å². The minimum absolute atomic E-state index is 0.0947. The lowest BCUT2D eigenvalue weighted by molar-refractivity contribution is 0.0735. The Morgan fingerprint density at radius 3 is 2.79 bits per heavy atom. The number of carbonyl (C=O) groups is 1. The smallest absolute Gasteiger partial charge is 0.255 e. The topological polar surface area (TPSA) is 45.2 Å². The summed E-state index contributed by atoms with van der Waals surface area (Å²) in [5, 5.41) is 4.28. The van der Waals surface area contributed by atoms with Gasteiger partial charge in [0.15, 0.2) is 0 Å². The van der Waals surface area contributed by atoms with Crippen molar-refractivity contribution in [1.29, 1.82) is 0 Å². The zero-order chi connectivity index (χ0) is 13.2. The second kappa shape index (κ2) is 4.97. The molecule has 0 bridgehead atoms. The maximum atomic E-state index is 12.5. The number of hydrogen-bond acceptors (Lipinski definition) is 3. The molecule has 19 heavy (non-hydrogen) atoms. The molecular weight excluding hydrogens is 238 g/mol. The van der Waals surface area contributed by atoms with Gasteiger partial charge in [0.1, 0.15) is 0 Å². The van der Waals surface area contributed by atoms with Crippen molar-refractivity contribution in [2.24, 2.45) is 0 Å². The van der Waals surface area contributed by atoms with Gasteiger partial charge in [0.05, 0.1) is 16.8 Å². The van der Waals surface area contributed by atoms with Gasteiger partial charge < -0.3 is 10.2 Å². The Balaban J connectivity index is 1.99. The third-order valence-electron chi connectivity index (χ3n) is 3.55. The Morgan fingerprint density at radius 2 is 2.00 bits per heavy atom. The van der Waals surface area contributed by atoms with Gasteiger partial charge in [-0.3, -0.25) is 9.78 Å². The number of amides is 1. The molecular formula is C15H17N3O. The average Bonchev–Trinajstić information content (AvgIpc) is 2.47. The average molecular weight is 255 g/mol. The summed E-state index contributed by atoms with van der Waals surface area (Å²) in [4.78, 5) is 18.9. The summed E-state index contributed by atoms with van der Waals surface area (Å²) in [6.07, 6.45) is 0. The molecule has 2 aromatic rings. The summed E-state index contributed by atoms with van der Waals surface area (Å²) in [5.74, 6) is 0.0947. The minimum Gasteiger partial charge on any atom is -0.336 e. The quantitative estimate of drug-likeness (QED) is 0.841. The van der Waals surface area contributed by atoms with Gasteiger partial charge in [-0.1, -0.05) is 18.2 Å². The van der Waals surface area contributed by atoms with E-state index in [4.69, 9.17) is 0 Å². The van der Waals surface area contributed by atoms with E-state index in [-0.39, 0.29) is 5.91 Å². The van der Waals surface area contributed by atoms with Crippen LogP contribution in [0, 0.1) is 6.92 Å². The molecule has 1 aromatic heterocycles. The molecule has 0 aliphatic carbocycles. The van der Waals surface area contributed by atoms with E-state index in [1.165, 1.54) is 0 Å². The van der Waals surface area contributed by atoms with Crippen LogP contribution in [-0.2, 0) is 0 Å². The number of para-hydroxylation sites is 1. The highest BCUT2D eigenvalue weighted by Crippen LogP contribution is 2.18. The van der Waals surface area contributed by atoms with Crippen LogP contribution in [-0.4, -0.2) is 42.0 Å². The lowest BCUT2D eigenvalue weighted by Crippen LogP contribution is -2.46. The summed E-state index contributed by atoms with van der Waals surface area (Å²) >= 11 is 0. The van der Waals surface area contributed by atoms with Gasteiger partial charge in [0, 0.05) is 31.6 Å². The van der Waals surface area contributed by atoms with Gasteiger partial charge >= 0.3 is 0 Å². The molecule has 4 heteroatoms. The predicted octanol–water partition coefficient (Wildman–Crippen LogP) is 1.59. The molecule has 1 saturated heterocycles. The van der Waals surface area contributed by atoms with Crippen molar-refractivity contribution in [2.45, 2.75) is 6.92 Å². The number of nitrogens with one attached hydrogen (secondary N) is 1. The number of nitrogens with zero attached hydrogens (tertiary/aromatic N) is 2. The molecule has 98 valence electrons. The van der Waals surface area contributed by atoms with Crippen LogP contribution in [0.25, 0.3) is 10.9 Å². The fraction of sp³-hybridized carbons (Fsp3) is 0.333. The van der Waals surface area contributed by atoms with Gasteiger partial charge in [0.25, 0.3) is 5.91 Å². The highest BCUT2D eigenvalue weighted by atomic mass is 16.2. The number of aromatic nitrogens is 1. The number of benzene rings is 1. The van der Waals surface area contributed by atoms with E-state index in [9.17, 15) is 4.79 Å². The van der Waals surface area contributed by atoms with E-state index < -0.39 is 0 Å². The van der Waals surface area contributed by atoms with Crippen LogP contribution in [0.3, 0.4) is 0 Å². The number of rotatable bonds is 1. The normalized spacial score (nSPS) is 15.7. The first-order valence-electron chi connectivity index (χ1n) is 6.62. The maximum absolute atomic E-state index is 12.5. The Labute approximate surface area is 112 Å². The Hall–Kier alpha value is -1.94. The molecule has 0 atom stereocenters. The molecule has 1 fully saturated rings. The number of fused-ring (bicyclic) bond motifs is 1. The molecule has 1 N–H and O–H groups in total. The molecule has 1 aliphatic rings. The van der Waals surface area contributed by atoms with E-state index in [1.807, 2.05) is 42.2 Å². The lowest BCUT2D eigenvalue weighted by Gasteiger charge is -2.27. The highest BCUT2D eigenvalue weighted by Gasteiger charge is 2.20. The second-order valence-corrected chi connectivity index (χ2v) is 4.86. The van der Waals surface area contributed by atoms with Crippen molar-refractivity contribution < 1.29 is 4.79 Å². The fourth-order valence-electron chi connectivity index (χ4n) is 2.47. The van der Waals surface area contributed by atoms with E-state index in [2.05, 4.69) is 10.3 Å². The molecule has 0 saturated carbocycles. The van der Waals surface area contributed by atoms with Crippen molar-refractivity contribution in [1.82, 2.24) is 15.2 Å². The Kier molecular flexibility index (Phi) is 3.17. The Morgan fingerprint density at radius 1 is 1.26 bits per heavy atom. The van der Waals surface area contributed by atoms with Crippen LogP contribution in [0.2, 0.25) is 0 Å². The molecule has 1 amide bonds. The summed E-state index contributed by atoms with van der Waals surface area (Å²) in [6.45, 7) is 5.18. The number of pyridine rings is 1. The van der Waals surface area contributed by atoms with Crippen LogP contribution in [0.1, 0.15) is 16.1 Å². The SMILES string of the molecule is Cc1nc2ccccc2cc1C(=O)N1CCNCC1. The van der Waals surface area contributed by atoms with Crippen LogP contribution in [0.5, 0.6) is 0 Å².